The van der Waals surface area contributed by atoms with Crippen LogP contribution >= 0.6 is 15.9 Å². The Labute approximate surface area is 169 Å². The summed E-state index contributed by atoms with van der Waals surface area (Å²) >= 11 is 3.41. The lowest BCUT2D eigenvalue weighted by Crippen LogP contribution is -2.50. The highest BCUT2D eigenvalue weighted by Crippen LogP contribution is 2.33. The Kier molecular flexibility index (Phi) is 4.72. The number of hydrogen-bond donors (Lipinski definition) is 3. The number of fused-ring (bicyclic) bond motifs is 1. The summed E-state index contributed by atoms with van der Waals surface area (Å²) in [6.45, 7) is 1.59. The molecule has 4 rings (SSSR count). The average molecular weight is 444 g/mol. The van der Waals surface area contributed by atoms with Crippen molar-refractivity contribution in [1.29, 1.82) is 0 Å². The van der Waals surface area contributed by atoms with E-state index in [0.717, 1.165) is 4.47 Å². The molecule has 3 aromatic rings. The van der Waals surface area contributed by atoms with Gasteiger partial charge in [0.25, 0.3) is 11.8 Å². The SMILES string of the molecule is O=C(c1cccc(O)c1)N1CCN(C(=O)c2c[nH]c3c(Br)ccc(O)c23)CC1. The fourth-order valence-corrected chi connectivity index (χ4v) is 3.91. The Morgan fingerprint density at radius 3 is 2.32 bits per heavy atom. The van der Waals surface area contributed by atoms with Crippen LogP contribution in [-0.2, 0) is 0 Å². The number of nitrogens with one attached hydrogen (secondary N) is 1. The first-order valence-corrected chi connectivity index (χ1v) is 9.61. The number of phenolic OH excluding ortho intramolecular Hbond substituents is 2. The van der Waals surface area contributed by atoms with Gasteiger partial charge in [-0.25, -0.2) is 0 Å². The Balaban J connectivity index is 1.49. The van der Waals surface area contributed by atoms with Gasteiger partial charge in [-0.3, -0.25) is 9.59 Å². The summed E-state index contributed by atoms with van der Waals surface area (Å²) in [5.74, 6) is -0.272. The van der Waals surface area contributed by atoms with Crippen molar-refractivity contribution in [3.05, 3.63) is 58.2 Å². The second kappa shape index (κ2) is 7.20. The van der Waals surface area contributed by atoms with E-state index in [1.807, 2.05) is 0 Å². The molecule has 0 radical (unpaired) electrons. The molecule has 7 nitrogen and oxygen atoms in total. The van der Waals surface area contributed by atoms with Crippen molar-refractivity contribution in [3.8, 4) is 11.5 Å². The minimum atomic E-state index is -0.191. The fraction of sp³-hybridized carbons (Fsp3) is 0.200. The molecule has 2 amide bonds. The quantitative estimate of drug-likeness (QED) is 0.567. The summed E-state index contributed by atoms with van der Waals surface area (Å²) in [6.07, 6.45) is 1.60. The first-order valence-electron chi connectivity index (χ1n) is 8.82. The second-order valence-electron chi connectivity index (χ2n) is 6.65. The van der Waals surface area contributed by atoms with E-state index >= 15 is 0 Å². The van der Waals surface area contributed by atoms with Gasteiger partial charge in [0.1, 0.15) is 11.5 Å². The number of H-pyrrole nitrogens is 1. The number of phenols is 2. The molecule has 0 unspecified atom stereocenters. The molecular weight excluding hydrogens is 426 g/mol. The van der Waals surface area contributed by atoms with E-state index in [1.54, 1.807) is 40.3 Å². The molecule has 1 aromatic heterocycles. The number of nitrogens with zero attached hydrogens (tertiary/aromatic N) is 2. The van der Waals surface area contributed by atoms with E-state index in [4.69, 9.17) is 0 Å². The maximum atomic E-state index is 13.0. The van der Waals surface area contributed by atoms with Crippen LogP contribution in [0.15, 0.2) is 47.1 Å². The predicted molar refractivity (Wildman–Crippen MR) is 108 cm³/mol. The van der Waals surface area contributed by atoms with Crippen molar-refractivity contribution in [2.24, 2.45) is 0 Å². The van der Waals surface area contributed by atoms with Crippen molar-refractivity contribution < 1.29 is 19.8 Å². The van der Waals surface area contributed by atoms with Crippen LogP contribution in [0.3, 0.4) is 0 Å². The number of aromatic hydroxyl groups is 2. The number of halogens is 1. The maximum Gasteiger partial charge on any atom is 0.256 e. The number of amides is 2. The van der Waals surface area contributed by atoms with E-state index < -0.39 is 0 Å². The maximum absolute atomic E-state index is 13.0. The highest BCUT2D eigenvalue weighted by molar-refractivity contribution is 9.10. The molecule has 144 valence electrons. The molecule has 0 bridgehead atoms. The molecule has 0 spiro atoms. The summed E-state index contributed by atoms with van der Waals surface area (Å²) in [5.41, 5.74) is 1.49. The van der Waals surface area contributed by atoms with Gasteiger partial charge in [0.2, 0.25) is 0 Å². The van der Waals surface area contributed by atoms with E-state index in [-0.39, 0.29) is 23.3 Å². The predicted octanol–water partition coefficient (Wildman–Crippen LogP) is 2.94. The molecule has 3 N–H and O–H groups in total. The summed E-state index contributed by atoms with van der Waals surface area (Å²) in [6, 6.07) is 9.50. The van der Waals surface area contributed by atoms with E-state index in [1.165, 1.54) is 12.1 Å². The summed E-state index contributed by atoms with van der Waals surface area (Å²) in [5, 5.41) is 20.2. The first-order chi connectivity index (χ1) is 13.5. The van der Waals surface area contributed by atoms with Gasteiger partial charge in [-0.15, -0.1) is 0 Å². The summed E-state index contributed by atoms with van der Waals surface area (Å²) < 4.78 is 0.765. The molecule has 28 heavy (non-hydrogen) atoms. The van der Waals surface area contributed by atoms with Crippen LogP contribution in [0.1, 0.15) is 20.7 Å². The van der Waals surface area contributed by atoms with Crippen LogP contribution in [0.4, 0.5) is 0 Å². The highest BCUT2D eigenvalue weighted by atomic mass is 79.9. The zero-order chi connectivity index (χ0) is 19.8. The van der Waals surface area contributed by atoms with Gasteiger partial charge in [0, 0.05) is 42.4 Å². The zero-order valence-electron chi connectivity index (χ0n) is 14.9. The smallest absolute Gasteiger partial charge is 0.256 e. The molecule has 1 aliphatic rings. The van der Waals surface area contributed by atoms with Crippen LogP contribution in [-0.4, -0.2) is 63.0 Å². The molecular formula is C20H18BrN3O4. The van der Waals surface area contributed by atoms with Crippen LogP contribution < -0.4 is 0 Å². The number of carbonyl (C=O) groups excluding carboxylic acids is 2. The number of aromatic nitrogens is 1. The minimum absolute atomic E-state index is 0.0421. The monoisotopic (exact) mass is 443 g/mol. The molecule has 8 heteroatoms. The largest absolute Gasteiger partial charge is 0.508 e. The molecule has 1 fully saturated rings. The number of hydrogen-bond acceptors (Lipinski definition) is 4. The van der Waals surface area contributed by atoms with Gasteiger partial charge in [-0.2, -0.15) is 0 Å². The van der Waals surface area contributed by atoms with Crippen LogP contribution in [0.5, 0.6) is 11.5 Å². The molecule has 0 saturated carbocycles. The third-order valence-corrected chi connectivity index (χ3v) is 5.60. The van der Waals surface area contributed by atoms with Gasteiger partial charge in [-0.05, 0) is 46.3 Å². The Hall–Kier alpha value is -3.00. The number of rotatable bonds is 2. The van der Waals surface area contributed by atoms with Crippen molar-refractivity contribution in [2.45, 2.75) is 0 Å². The van der Waals surface area contributed by atoms with E-state index in [0.29, 0.717) is 48.2 Å². The Morgan fingerprint density at radius 2 is 1.64 bits per heavy atom. The van der Waals surface area contributed by atoms with Crippen LogP contribution in [0, 0.1) is 0 Å². The highest BCUT2D eigenvalue weighted by Gasteiger charge is 2.27. The van der Waals surface area contributed by atoms with Crippen molar-refractivity contribution in [2.75, 3.05) is 26.2 Å². The third-order valence-electron chi connectivity index (χ3n) is 4.94. The van der Waals surface area contributed by atoms with Crippen molar-refractivity contribution in [1.82, 2.24) is 14.8 Å². The van der Waals surface area contributed by atoms with Crippen LogP contribution in [0.25, 0.3) is 10.9 Å². The second-order valence-corrected chi connectivity index (χ2v) is 7.51. The topological polar surface area (TPSA) is 96.9 Å². The molecule has 2 heterocycles. The molecule has 2 aromatic carbocycles. The van der Waals surface area contributed by atoms with Gasteiger partial charge in [0.05, 0.1) is 16.5 Å². The third kappa shape index (κ3) is 3.20. The Morgan fingerprint density at radius 1 is 0.964 bits per heavy atom. The normalized spacial score (nSPS) is 14.5. The molecule has 0 atom stereocenters. The minimum Gasteiger partial charge on any atom is -0.508 e. The molecule has 1 saturated heterocycles. The lowest BCUT2D eigenvalue weighted by atomic mass is 10.1. The number of piperazine rings is 1. The van der Waals surface area contributed by atoms with E-state index in [9.17, 15) is 19.8 Å². The van der Waals surface area contributed by atoms with Crippen molar-refractivity contribution >= 4 is 38.6 Å². The summed E-state index contributed by atoms with van der Waals surface area (Å²) in [7, 11) is 0. The first kappa shape index (κ1) is 18.4. The standard InChI is InChI=1S/C20H18BrN3O4/c21-15-4-5-16(26)17-14(11-22-18(15)17)20(28)24-8-6-23(7-9-24)19(27)12-2-1-3-13(25)10-12/h1-5,10-11,22,25-26H,6-9H2. The Bertz CT molecular complexity index is 1070. The van der Waals surface area contributed by atoms with Crippen molar-refractivity contribution in [3.63, 3.8) is 0 Å². The average Bonchev–Trinajstić information content (AvgIpc) is 3.16. The fourth-order valence-electron chi connectivity index (χ4n) is 3.47. The van der Waals surface area contributed by atoms with Gasteiger partial charge in [-0.1, -0.05) is 6.07 Å². The zero-order valence-corrected chi connectivity index (χ0v) is 16.4. The van der Waals surface area contributed by atoms with E-state index in [2.05, 4.69) is 20.9 Å². The van der Waals surface area contributed by atoms with Gasteiger partial charge in [0.15, 0.2) is 0 Å². The van der Waals surface area contributed by atoms with Gasteiger partial charge >= 0.3 is 0 Å². The van der Waals surface area contributed by atoms with Crippen LogP contribution in [0.2, 0.25) is 0 Å². The van der Waals surface area contributed by atoms with Gasteiger partial charge < -0.3 is 25.0 Å². The summed E-state index contributed by atoms with van der Waals surface area (Å²) in [4.78, 5) is 31.9. The lowest BCUT2D eigenvalue weighted by molar-refractivity contribution is 0.0536. The molecule has 0 aliphatic carbocycles. The number of benzene rings is 2. The lowest BCUT2D eigenvalue weighted by Gasteiger charge is -2.34. The number of aromatic amines is 1. The molecule has 1 aliphatic heterocycles. The number of carbonyl (C=O) groups is 2.